The SMILES string of the molecule is Cc1cc2c(c3ccc(=O)[nH]c13)CC(CN)O2.Cl. The van der Waals surface area contributed by atoms with E-state index < -0.39 is 0 Å². The molecule has 18 heavy (non-hydrogen) atoms. The van der Waals surface area contributed by atoms with Crippen molar-refractivity contribution in [1.82, 2.24) is 4.98 Å². The number of benzene rings is 1. The summed E-state index contributed by atoms with van der Waals surface area (Å²) in [4.78, 5) is 14.2. The maximum Gasteiger partial charge on any atom is 0.248 e. The number of hydrogen-bond acceptors (Lipinski definition) is 3. The van der Waals surface area contributed by atoms with E-state index in [1.807, 2.05) is 19.1 Å². The van der Waals surface area contributed by atoms with Crippen molar-refractivity contribution in [2.75, 3.05) is 6.54 Å². The molecule has 1 unspecified atom stereocenters. The summed E-state index contributed by atoms with van der Waals surface area (Å²) in [5.41, 5.74) is 8.64. The van der Waals surface area contributed by atoms with Crippen molar-refractivity contribution in [3.63, 3.8) is 0 Å². The molecule has 0 fully saturated rings. The second kappa shape index (κ2) is 4.63. The van der Waals surface area contributed by atoms with Crippen LogP contribution in [0.25, 0.3) is 10.9 Å². The first-order chi connectivity index (χ1) is 8.19. The summed E-state index contributed by atoms with van der Waals surface area (Å²) in [5, 5.41) is 1.07. The van der Waals surface area contributed by atoms with E-state index in [4.69, 9.17) is 10.5 Å². The zero-order valence-electron chi connectivity index (χ0n) is 10.0. The van der Waals surface area contributed by atoms with Gasteiger partial charge in [-0.1, -0.05) is 0 Å². The Kier molecular flexibility index (Phi) is 3.32. The number of aromatic nitrogens is 1. The number of nitrogens with two attached hydrogens (primary N) is 1. The Balaban J connectivity index is 0.00000120. The molecular weight excluding hydrogens is 252 g/mol. The summed E-state index contributed by atoms with van der Waals surface area (Å²) in [5.74, 6) is 0.900. The fraction of sp³-hybridized carbons (Fsp3) is 0.308. The summed E-state index contributed by atoms with van der Waals surface area (Å²) in [6.45, 7) is 2.48. The number of aromatic amines is 1. The van der Waals surface area contributed by atoms with Crippen LogP contribution in [0.15, 0.2) is 23.0 Å². The lowest BCUT2D eigenvalue weighted by Gasteiger charge is -2.07. The van der Waals surface area contributed by atoms with Gasteiger partial charge in [-0.25, -0.2) is 0 Å². The number of H-pyrrole nitrogens is 1. The topological polar surface area (TPSA) is 68.1 Å². The smallest absolute Gasteiger partial charge is 0.248 e. The first-order valence-corrected chi connectivity index (χ1v) is 5.71. The molecule has 0 aliphatic carbocycles. The van der Waals surface area contributed by atoms with Crippen molar-refractivity contribution in [3.8, 4) is 5.75 Å². The van der Waals surface area contributed by atoms with Gasteiger partial charge in [0.05, 0.1) is 5.52 Å². The van der Waals surface area contributed by atoms with Gasteiger partial charge in [0.25, 0.3) is 0 Å². The molecule has 0 amide bonds. The Labute approximate surface area is 111 Å². The zero-order valence-corrected chi connectivity index (χ0v) is 10.8. The third-order valence-corrected chi connectivity index (χ3v) is 3.27. The molecule has 4 nitrogen and oxygen atoms in total. The largest absolute Gasteiger partial charge is 0.488 e. The maximum atomic E-state index is 11.3. The molecule has 1 aliphatic heterocycles. The quantitative estimate of drug-likeness (QED) is 0.822. The van der Waals surface area contributed by atoms with Gasteiger partial charge in [-0.15, -0.1) is 12.4 Å². The molecule has 3 rings (SSSR count). The van der Waals surface area contributed by atoms with Crippen LogP contribution in [0, 0.1) is 6.92 Å². The summed E-state index contributed by atoms with van der Waals surface area (Å²) < 4.78 is 5.76. The number of rotatable bonds is 1. The predicted molar refractivity (Wildman–Crippen MR) is 73.7 cm³/mol. The van der Waals surface area contributed by atoms with Crippen LogP contribution >= 0.6 is 12.4 Å². The molecule has 96 valence electrons. The fourth-order valence-corrected chi connectivity index (χ4v) is 2.42. The van der Waals surface area contributed by atoms with E-state index in [-0.39, 0.29) is 24.1 Å². The van der Waals surface area contributed by atoms with Crippen LogP contribution < -0.4 is 16.0 Å². The van der Waals surface area contributed by atoms with E-state index in [2.05, 4.69) is 4.98 Å². The molecule has 5 heteroatoms. The number of nitrogens with one attached hydrogen (secondary N) is 1. The fourth-order valence-electron chi connectivity index (χ4n) is 2.42. The van der Waals surface area contributed by atoms with Crippen molar-refractivity contribution < 1.29 is 4.74 Å². The highest BCUT2D eigenvalue weighted by atomic mass is 35.5. The Morgan fingerprint density at radius 1 is 1.50 bits per heavy atom. The average Bonchev–Trinajstić information content (AvgIpc) is 2.72. The van der Waals surface area contributed by atoms with Crippen LogP contribution in [0.1, 0.15) is 11.1 Å². The third-order valence-electron chi connectivity index (χ3n) is 3.27. The lowest BCUT2D eigenvalue weighted by molar-refractivity contribution is 0.241. The second-order valence-corrected chi connectivity index (χ2v) is 4.46. The van der Waals surface area contributed by atoms with Gasteiger partial charge in [0.2, 0.25) is 5.56 Å². The van der Waals surface area contributed by atoms with Gasteiger partial charge < -0.3 is 15.5 Å². The molecule has 1 aromatic carbocycles. The van der Waals surface area contributed by atoms with Gasteiger partial charge in [-0.3, -0.25) is 4.79 Å². The second-order valence-electron chi connectivity index (χ2n) is 4.46. The highest BCUT2D eigenvalue weighted by molar-refractivity contribution is 5.87. The number of fused-ring (bicyclic) bond motifs is 3. The molecule has 1 aromatic heterocycles. The molecule has 0 saturated heterocycles. The Morgan fingerprint density at radius 2 is 2.28 bits per heavy atom. The van der Waals surface area contributed by atoms with E-state index in [1.54, 1.807) is 6.07 Å². The lowest BCUT2D eigenvalue weighted by atomic mass is 10.0. The Morgan fingerprint density at radius 3 is 3.00 bits per heavy atom. The highest BCUT2D eigenvalue weighted by Crippen LogP contribution is 2.35. The minimum atomic E-state index is -0.0742. The third kappa shape index (κ3) is 1.87. The minimum Gasteiger partial charge on any atom is -0.488 e. The van der Waals surface area contributed by atoms with Gasteiger partial charge in [-0.2, -0.15) is 0 Å². The zero-order chi connectivity index (χ0) is 12.0. The molecule has 3 N–H and O–H groups in total. The summed E-state index contributed by atoms with van der Waals surface area (Å²) in [6.07, 6.45) is 0.871. The monoisotopic (exact) mass is 266 g/mol. The number of halogens is 1. The van der Waals surface area contributed by atoms with Crippen LogP contribution in [0.2, 0.25) is 0 Å². The van der Waals surface area contributed by atoms with E-state index >= 15 is 0 Å². The maximum absolute atomic E-state index is 11.3. The van der Waals surface area contributed by atoms with Gasteiger partial charge in [0, 0.05) is 30.0 Å². The van der Waals surface area contributed by atoms with E-state index in [1.165, 1.54) is 0 Å². The summed E-state index contributed by atoms with van der Waals surface area (Å²) in [7, 11) is 0. The molecule has 0 bridgehead atoms. The van der Waals surface area contributed by atoms with Crippen LogP contribution in [0.3, 0.4) is 0 Å². The van der Waals surface area contributed by atoms with Crippen LogP contribution in [-0.4, -0.2) is 17.6 Å². The van der Waals surface area contributed by atoms with Crippen LogP contribution in [-0.2, 0) is 6.42 Å². The van der Waals surface area contributed by atoms with Gasteiger partial charge >= 0.3 is 0 Å². The van der Waals surface area contributed by atoms with Gasteiger partial charge in [0.15, 0.2) is 0 Å². The van der Waals surface area contributed by atoms with E-state index in [9.17, 15) is 4.79 Å². The molecule has 0 radical (unpaired) electrons. The van der Waals surface area contributed by atoms with E-state index in [0.29, 0.717) is 6.54 Å². The Hall–Kier alpha value is -1.52. The first kappa shape index (κ1) is 12.9. The first-order valence-electron chi connectivity index (χ1n) is 5.71. The van der Waals surface area contributed by atoms with Crippen LogP contribution in [0.5, 0.6) is 5.75 Å². The molecule has 0 spiro atoms. The Bertz CT molecular complexity index is 651. The summed E-state index contributed by atoms with van der Waals surface area (Å²) >= 11 is 0. The van der Waals surface area contributed by atoms with Crippen molar-refractivity contribution in [2.45, 2.75) is 19.4 Å². The number of ether oxygens (including phenoxy) is 1. The van der Waals surface area contributed by atoms with Gasteiger partial charge in [-0.05, 0) is 24.6 Å². The molecule has 0 saturated carbocycles. The molecule has 2 aromatic rings. The normalized spacial score (nSPS) is 17.1. The lowest BCUT2D eigenvalue weighted by Crippen LogP contribution is -2.24. The number of pyridine rings is 1. The van der Waals surface area contributed by atoms with E-state index in [0.717, 1.165) is 34.2 Å². The van der Waals surface area contributed by atoms with Crippen molar-refractivity contribution in [1.29, 1.82) is 0 Å². The van der Waals surface area contributed by atoms with Crippen molar-refractivity contribution in [3.05, 3.63) is 39.7 Å². The average molecular weight is 267 g/mol. The van der Waals surface area contributed by atoms with Crippen molar-refractivity contribution in [2.24, 2.45) is 5.73 Å². The molecular formula is C13H15ClN2O2. The minimum absolute atomic E-state index is 0. The summed E-state index contributed by atoms with van der Waals surface area (Å²) in [6, 6.07) is 5.39. The number of aryl methyl sites for hydroxylation is 1. The predicted octanol–water partition coefficient (Wildman–Crippen LogP) is 1.52. The number of hydrogen-bond donors (Lipinski definition) is 2. The molecule has 2 heterocycles. The van der Waals surface area contributed by atoms with Gasteiger partial charge in [0.1, 0.15) is 11.9 Å². The van der Waals surface area contributed by atoms with Crippen molar-refractivity contribution >= 4 is 23.3 Å². The molecule has 1 aliphatic rings. The highest BCUT2D eigenvalue weighted by Gasteiger charge is 2.24. The standard InChI is InChI=1S/C13H14N2O2.ClH/c1-7-4-11-10(5-8(6-14)17-11)9-2-3-12(16)15-13(7)9;/h2-4,8H,5-6,14H2,1H3,(H,15,16);1H. The molecule has 1 atom stereocenters. The van der Waals surface area contributed by atoms with Crippen LogP contribution in [0.4, 0.5) is 0 Å².